The highest BCUT2D eigenvalue weighted by atomic mass is 32.1. The molecule has 0 aromatic carbocycles. The van der Waals surface area contributed by atoms with Gasteiger partial charge in [0.05, 0.1) is 0 Å². The first-order chi connectivity index (χ1) is 9.40. The van der Waals surface area contributed by atoms with Crippen molar-refractivity contribution in [2.45, 2.75) is 18.9 Å². The van der Waals surface area contributed by atoms with E-state index >= 15 is 0 Å². The van der Waals surface area contributed by atoms with E-state index in [0.717, 1.165) is 18.1 Å². The maximum atomic E-state index is 5.81. The quantitative estimate of drug-likeness (QED) is 0.828. The molecule has 3 aliphatic heterocycles. The van der Waals surface area contributed by atoms with Crippen molar-refractivity contribution in [2.24, 2.45) is 0 Å². The molecule has 5 rings (SSSR count). The first-order valence-electron chi connectivity index (χ1n) is 6.62. The van der Waals surface area contributed by atoms with E-state index in [1.165, 1.54) is 37.3 Å². The molecule has 2 aromatic heterocycles. The predicted molar refractivity (Wildman–Crippen MR) is 72.2 cm³/mol. The molecule has 0 radical (unpaired) electrons. The van der Waals surface area contributed by atoms with Crippen LogP contribution in [0, 0.1) is 0 Å². The van der Waals surface area contributed by atoms with Crippen molar-refractivity contribution in [3.05, 3.63) is 11.6 Å². The summed E-state index contributed by atoms with van der Waals surface area (Å²) in [4.78, 5) is 8.99. The zero-order valence-electron chi connectivity index (χ0n) is 10.5. The fourth-order valence-corrected chi connectivity index (χ4v) is 3.44. The summed E-state index contributed by atoms with van der Waals surface area (Å²) in [5, 5.41) is 11.0. The lowest BCUT2D eigenvalue weighted by molar-refractivity contribution is 0.249. The van der Waals surface area contributed by atoms with Crippen molar-refractivity contribution in [1.82, 2.24) is 20.1 Å². The molecule has 0 atom stereocenters. The number of thiazole rings is 1. The van der Waals surface area contributed by atoms with Crippen molar-refractivity contribution in [1.29, 1.82) is 0 Å². The van der Waals surface area contributed by atoms with Crippen molar-refractivity contribution in [3.63, 3.8) is 0 Å². The molecule has 0 N–H and O–H groups in total. The summed E-state index contributed by atoms with van der Waals surface area (Å²) in [6.07, 6.45) is 4.13. The van der Waals surface area contributed by atoms with Gasteiger partial charge in [0.25, 0.3) is 5.89 Å². The van der Waals surface area contributed by atoms with Gasteiger partial charge in [-0.1, -0.05) is 5.10 Å². The van der Waals surface area contributed by atoms with Gasteiger partial charge in [0.1, 0.15) is 0 Å². The first-order valence-corrected chi connectivity index (χ1v) is 7.50. The molecule has 5 heterocycles. The molecule has 0 unspecified atom stereocenters. The molecule has 0 aliphatic carbocycles. The zero-order valence-corrected chi connectivity index (χ0v) is 11.3. The fraction of sp³-hybridized carbons (Fsp3) is 0.583. The number of nitrogens with zero attached hydrogens (tertiary/aromatic N) is 5. The van der Waals surface area contributed by atoms with E-state index in [1.807, 2.05) is 5.38 Å². The largest absolute Gasteiger partial charge is 0.401 e. The Bertz CT molecular complexity index is 546. The van der Waals surface area contributed by atoms with Crippen LogP contribution >= 0.6 is 11.3 Å². The Balaban J connectivity index is 1.62. The topological polar surface area (TPSA) is 58.3 Å². The van der Waals surface area contributed by atoms with Crippen LogP contribution in [0.2, 0.25) is 0 Å². The highest BCUT2D eigenvalue weighted by molar-refractivity contribution is 7.12. The number of hydrogen-bond acceptors (Lipinski definition) is 7. The van der Waals surface area contributed by atoms with Crippen LogP contribution in [-0.2, 0) is 0 Å². The predicted octanol–water partition coefficient (Wildman–Crippen LogP) is 1.48. The van der Waals surface area contributed by atoms with E-state index < -0.39 is 0 Å². The van der Waals surface area contributed by atoms with Gasteiger partial charge >= 0.3 is 6.01 Å². The average Bonchev–Trinajstić information content (AvgIpc) is 3.05. The molecular weight excluding hydrogens is 262 g/mol. The van der Waals surface area contributed by atoms with E-state index in [-0.39, 0.29) is 0 Å². The summed E-state index contributed by atoms with van der Waals surface area (Å²) in [6, 6.07) is 1.20. The van der Waals surface area contributed by atoms with E-state index in [1.54, 1.807) is 6.20 Å². The lowest BCUT2D eigenvalue weighted by Crippen LogP contribution is -2.38. The molecule has 7 heteroatoms. The molecule has 6 nitrogen and oxygen atoms in total. The number of aromatic nitrogens is 3. The van der Waals surface area contributed by atoms with Gasteiger partial charge in [0, 0.05) is 43.8 Å². The minimum absolute atomic E-state index is 0.532. The highest BCUT2D eigenvalue weighted by Gasteiger charge is 2.31. The third-order valence-corrected chi connectivity index (χ3v) is 4.69. The second kappa shape index (κ2) is 4.57. The minimum Gasteiger partial charge on any atom is -0.401 e. The lowest BCUT2D eigenvalue weighted by Gasteiger charge is -2.29. The van der Waals surface area contributed by atoms with Gasteiger partial charge in [-0.05, 0) is 12.8 Å². The summed E-state index contributed by atoms with van der Waals surface area (Å²) in [7, 11) is 0. The zero-order chi connectivity index (χ0) is 12.7. The van der Waals surface area contributed by atoms with Gasteiger partial charge in [-0.2, -0.15) is 0 Å². The average molecular weight is 277 g/mol. The summed E-state index contributed by atoms with van der Waals surface area (Å²) in [5.74, 6) is 0.532. The molecule has 2 aromatic rings. The van der Waals surface area contributed by atoms with Crippen LogP contribution in [0.4, 0.5) is 6.01 Å². The van der Waals surface area contributed by atoms with Crippen molar-refractivity contribution in [2.75, 3.05) is 31.1 Å². The summed E-state index contributed by atoms with van der Waals surface area (Å²) in [6.45, 7) is 4.44. The van der Waals surface area contributed by atoms with Crippen molar-refractivity contribution in [3.8, 4) is 10.9 Å². The van der Waals surface area contributed by atoms with Crippen LogP contribution < -0.4 is 4.90 Å². The van der Waals surface area contributed by atoms with Crippen LogP contribution in [0.25, 0.3) is 10.9 Å². The molecule has 0 saturated carbocycles. The number of hydrogen-bond donors (Lipinski definition) is 0. The van der Waals surface area contributed by atoms with Gasteiger partial charge < -0.3 is 14.2 Å². The van der Waals surface area contributed by atoms with E-state index in [4.69, 9.17) is 4.42 Å². The van der Waals surface area contributed by atoms with Crippen LogP contribution in [0.15, 0.2) is 16.0 Å². The molecule has 3 fully saturated rings. The number of piperidine rings is 1. The monoisotopic (exact) mass is 277 g/mol. The van der Waals surface area contributed by atoms with Crippen molar-refractivity contribution >= 4 is 17.4 Å². The van der Waals surface area contributed by atoms with Gasteiger partial charge in [0.2, 0.25) is 0 Å². The normalized spacial score (nSPS) is 26.6. The second-order valence-corrected chi connectivity index (χ2v) is 5.89. The lowest BCUT2D eigenvalue weighted by atomic mass is 10.1. The Kier molecular flexibility index (Phi) is 2.73. The summed E-state index contributed by atoms with van der Waals surface area (Å²) >= 11 is 1.52. The third-order valence-electron chi connectivity index (χ3n) is 3.93. The molecule has 2 bridgehead atoms. The Labute approximate surface area is 115 Å². The van der Waals surface area contributed by atoms with E-state index in [9.17, 15) is 0 Å². The van der Waals surface area contributed by atoms with E-state index in [2.05, 4.69) is 25.0 Å². The Hall–Kier alpha value is -1.47. The molecule has 100 valence electrons. The van der Waals surface area contributed by atoms with Gasteiger partial charge in [-0.3, -0.25) is 0 Å². The van der Waals surface area contributed by atoms with Crippen molar-refractivity contribution < 1.29 is 4.42 Å². The van der Waals surface area contributed by atoms with Crippen LogP contribution in [-0.4, -0.2) is 52.3 Å². The molecular formula is C12H15N5OS. The van der Waals surface area contributed by atoms with Gasteiger partial charge in [-0.15, -0.1) is 16.4 Å². The first kappa shape index (κ1) is 11.4. The maximum absolute atomic E-state index is 5.81. The number of rotatable bonds is 2. The van der Waals surface area contributed by atoms with E-state index in [0.29, 0.717) is 17.9 Å². The molecule has 0 amide bonds. The Morgan fingerprint density at radius 2 is 2.05 bits per heavy atom. The minimum atomic E-state index is 0.532. The molecule has 3 saturated heterocycles. The van der Waals surface area contributed by atoms with Crippen LogP contribution in [0.1, 0.15) is 12.8 Å². The second-order valence-electron chi connectivity index (χ2n) is 4.99. The number of anilines is 1. The summed E-state index contributed by atoms with van der Waals surface area (Å²) in [5.41, 5.74) is 0. The van der Waals surface area contributed by atoms with Crippen LogP contribution in [0.5, 0.6) is 0 Å². The highest BCUT2D eigenvalue weighted by Crippen LogP contribution is 2.28. The molecule has 3 aliphatic rings. The standard InChI is InChI=1S/C12H15N5OS/c1-4-16-5-2-9(1)17(7-6-16)12-15-14-10(18-12)11-13-3-8-19-11/h3,8-9H,1-2,4-7H2. The maximum Gasteiger partial charge on any atom is 0.318 e. The summed E-state index contributed by atoms with van der Waals surface area (Å²) < 4.78 is 5.81. The fourth-order valence-electron chi connectivity index (χ4n) is 2.89. The van der Waals surface area contributed by atoms with Crippen LogP contribution in [0.3, 0.4) is 0 Å². The third kappa shape index (κ3) is 2.02. The van der Waals surface area contributed by atoms with Gasteiger partial charge in [-0.25, -0.2) is 4.98 Å². The SMILES string of the molecule is c1csc(-c2nnc(N3CCN4CCC3CC4)o2)n1. The molecule has 0 spiro atoms. The molecule has 19 heavy (non-hydrogen) atoms. The van der Waals surface area contributed by atoms with Gasteiger partial charge in [0.15, 0.2) is 5.01 Å². The Morgan fingerprint density at radius 1 is 1.16 bits per heavy atom. The Morgan fingerprint density at radius 3 is 2.84 bits per heavy atom. The number of fused-ring (bicyclic) bond motifs is 4. The smallest absolute Gasteiger partial charge is 0.318 e.